The maximum Gasteiger partial charge on any atom is 0.221 e. The lowest BCUT2D eigenvalue weighted by molar-refractivity contribution is -0.120. The molecular weight excluding hydrogens is 240 g/mol. The highest BCUT2D eigenvalue weighted by molar-refractivity contribution is 6.33. The zero-order chi connectivity index (χ0) is 12.3. The summed E-state index contributed by atoms with van der Waals surface area (Å²) in [5, 5.41) is 12.5. The van der Waals surface area contributed by atoms with Crippen molar-refractivity contribution in [3.05, 3.63) is 28.8 Å². The fourth-order valence-corrected chi connectivity index (χ4v) is 2.24. The van der Waals surface area contributed by atoms with Gasteiger partial charge in [0.1, 0.15) is 0 Å². The highest BCUT2D eigenvalue weighted by atomic mass is 35.5. The van der Waals surface area contributed by atoms with Gasteiger partial charge in [0.15, 0.2) is 0 Å². The summed E-state index contributed by atoms with van der Waals surface area (Å²) in [6, 6.07) is 5.50. The summed E-state index contributed by atoms with van der Waals surface area (Å²) in [5.74, 6) is 0.0793. The SMILES string of the molecule is O=C1CCN(c2ccc(CO)cc2Cl)CCN1. The molecule has 0 radical (unpaired) electrons. The number of hydrogen-bond donors (Lipinski definition) is 2. The van der Waals surface area contributed by atoms with E-state index in [9.17, 15) is 4.79 Å². The minimum atomic E-state index is -0.0138. The lowest BCUT2D eigenvalue weighted by Crippen LogP contribution is -2.28. The van der Waals surface area contributed by atoms with E-state index >= 15 is 0 Å². The number of hydrogen-bond acceptors (Lipinski definition) is 3. The highest BCUT2D eigenvalue weighted by Gasteiger charge is 2.15. The van der Waals surface area contributed by atoms with E-state index in [2.05, 4.69) is 10.2 Å². The van der Waals surface area contributed by atoms with Gasteiger partial charge in [0, 0.05) is 26.1 Å². The quantitative estimate of drug-likeness (QED) is 0.833. The average Bonchev–Trinajstić information content (AvgIpc) is 2.54. The number of rotatable bonds is 2. The number of aliphatic hydroxyl groups is 1. The van der Waals surface area contributed by atoms with Crippen molar-refractivity contribution in [2.45, 2.75) is 13.0 Å². The molecule has 2 N–H and O–H groups in total. The molecule has 1 aliphatic heterocycles. The van der Waals surface area contributed by atoms with E-state index in [0.717, 1.165) is 17.8 Å². The zero-order valence-electron chi connectivity index (χ0n) is 9.45. The van der Waals surface area contributed by atoms with Crippen molar-refractivity contribution in [3.8, 4) is 0 Å². The Bertz CT molecular complexity index is 423. The predicted molar refractivity (Wildman–Crippen MR) is 67.2 cm³/mol. The van der Waals surface area contributed by atoms with Crippen LogP contribution in [0.25, 0.3) is 0 Å². The first-order chi connectivity index (χ1) is 8.20. The van der Waals surface area contributed by atoms with Crippen LogP contribution in [0.4, 0.5) is 5.69 Å². The summed E-state index contributed by atoms with van der Waals surface area (Å²) < 4.78 is 0. The number of carbonyl (C=O) groups is 1. The molecule has 0 aromatic heterocycles. The van der Waals surface area contributed by atoms with Crippen molar-refractivity contribution in [1.29, 1.82) is 0 Å². The fourth-order valence-electron chi connectivity index (χ4n) is 1.91. The Balaban J connectivity index is 2.18. The molecule has 0 aliphatic carbocycles. The summed E-state index contributed by atoms with van der Waals surface area (Å²) in [6.07, 6.45) is 0.484. The molecule has 0 saturated carbocycles. The molecular formula is C12H15ClN2O2. The van der Waals surface area contributed by atoms with Crippen LogP contribution in [-0.2, 0) is 11.4 Å². The average molecular weight is 255 g/mol. The van der Waals surface area contributed by atoms with E-state index in [-0.39, 0.29) is 12.5 Å². The third-order valence-electron chi connectivity index (χ3n) is 2.85. The summed E-state index contributed by atoms with van der Waals surface area (Å²) in [5.41, 5.74) is 1.71. The number of carbonyl (C=O) groups excluding carboxylic acids is 1. The summed E-state index contributed by atoms with van der Waals surface area (Å²) in [4.78, 5) is 13.3. The molecule has 0 bridgehead atoms. The van der Waals surface area contributed by atoms with E-state index in [1.807, 2.05) is 12.1 Å². The van der Waals surface area contributed by atoms with Crippen molar-refractivity contribution in [1.82, 2.24) is 5.32 Å². The fraction of sp³-hybridized carbons (Fsp3) is 0.417. The van der Waals surface area contributed by atoms with Crippen LogP contribution in [0, 0.1) is 0 Å². The van der Waals surface area contributed by atoms with Crippen LogP contribution in [0.5, 0.6) is 0 Å². The van der Waals surface area contributed by atoms with Gasteiger partial charge in [-0.05, 0) is 17.7 Å². The van der Waals surface area contributed by atoms with E-state index < -0.39 is 0 Å². The van der Waals surface area contributed by atoms with Gasteiger partial charge in [-0.2, -0.15) is 0 Å². The number of amides is 1. The number of aliphatic hydroxyl groups excluding tert-OH is 1. The standard InChI is InChI=1S/C12H15ClN2O2/c13-10-7-9(8-16)1-2-11(10)15-5-3-12(17)14-4-6-15/h1-2,7,16H,3-6,8H2,(H,14,17). The molecule has 0 unspecified atom stereocenters. The first-order valence-electron chi connectivity index (χ1n) is 5.61. The molecule has 1 saturated heterocycles. The Morgan fingerprint density at radius 2 is 2.24 bits per heavy atom. The molecule has 2 rings (SSSR count). The number of anilines is 1. The second-order valence-corrected chi connectivity index (χ2v) is 4.44. The molecule has 4 nitrogen and oxygen atoms in total. The normalized spacial score (nSPS) is 16.6. The van der Waals surface area contributed by atoms with Gasteiger partial charge in [0.05, 0.1) is 17.3 Å². The Kier molecular flexibility index (Phi) is 3.86. The van der Waals surface area contributed by atoms with Crippen molar-refractivity contribution in [2.24, 2.45) is 0 Å². The Morgan fingerprint density at radius 1 is 1.41 bits per heavy atom. The lowest BCUT2D eigenvalue weighted by Gasteiger charge is -2.23. The molecule has 92 valence electrons. The van der Waals surface area contributed by atoms with Gasteiger partial charge in [0.25, 0.3) is 0 Å². The van der Waals surface area contributed by atoms with Crippen LogP contribution in [0.3, 0.4) is 0 Å². The van der Waals surface area contributed by atoms with Crippen LogP contribution in [0.2, 0.25) is 5.02 Å². The maximum atomic E-state index is 11.2. The molecule has 5 heteroatoms. The lowest BCUT2D eigenvalue weighted by atomic mass is 10.2. The molecule has 0 atom stereocenters. The Morgan fingerprint density at radius 3 is 2.94 bits per heavy atom. The molecule has 0 spiro atoms. The molecule has 1 heterocycles. The van der Waals surface area contributed by atoms with Gasteiger partial charge in [-0.25, -0.2) is 0 Å². The molecule has 1 aliphatic rings. The van der Waals surface area contributed by atoms with E-state index in [1.54, 1.807) is 6.07 Å². The highest BCUT2D eigenvalue weighted by Crippen LogP contribution is 2.27. The zero-order valence-corrected chi connectivity index (χ0v) is 10.2. The first kappa shape index (κ1) is 12.2. The van der Waals surface area contributed by atoms with Crippen LogP contribution in [0.1, 0.15) is 12.0 Å². The molecule has 1 fully saturated rings. The number of halogens is 1. The molecule has 1 amide bonds. The monoisotopic (exact) mass is 254 g/mol. The minimum Gasteiger partial charge on any atom is -0.392 e. The van der Waals surface area contributed by atoms with Gasteiger partial charge in [-0.3, -0.25) is 4.79 Å². The maximum absolute atomic E-state index is 11.2. The third kappa shape index (κ3) is 2.90. The van der Waals surface area contributed by atoms with Crippen LogP contribution >= 0.6 is 11.6 Å². The largest absolute Gasteiger partial charge is 0.392 e. The number of nitrogens with one attached hydrogen (secondary N) is 1. The van der Waals surface area contributed by atoms with Crippen molar-refractivity contribution < 1.29 is 9.90 Å². The summed E-state index contributed by atoms with van der Waals surface area (Å²) in [7, 11) is 0. The van der Waals surface area contributed by atoms with Gasteiger partial charge in [-0.15, -0.1) is 0 Å². The molecule has 1 aromatic carbocycles. The van der Waals surface area contributed by atoms with Gasteiger partial charge < -0.3 is 15.3 Å². The second-order valence-electron chi connectivity index (χ2n) is 4.03. The molecule has 17 heavy (non-hydrogen) atoms. The molecule has 1 aromatic rings. The number of nitrogens with zero attached hydrogens (tertiary/aromatic N) is 1. The van der Waals surface area contributed by atoms with Crippen molar-refractivity contribution >= 4 is 23.2 Å². The Labute approximate surface area is 105 Å². The summed E-state index contributed by atoms with van der Waals surface area (Å²) in [6.45, 7) is 2.05. The second kappa shape index (κ2) is 5.38. The van der Waals surface area contributed by atoms with Gasteiger partial charge in [-0.1, -0.05) is 17.7 Å². The van der Waals surface area contributed by atoms with Crippen molar-refractivity contribution in [2.75, 3.05) is 24.5 Å². The van der Waals surface area contributed by atoms with Gasteiger partial charge in [0.2, 0.25) is 5.91 Å². The topological polar surface area (TPSA) is 52.6 Å². The van der Waals surface area contributed by atoms with E-state index in [0.29, 0.717) is 24.5 Å². The van der Waals surface area contributed by atoms with Crippen LogP contribution < -0.4 is 10.2 Å². The minimum absolute atomic E-state index is 0.0138. The first-order valence-corrected chi connectivity index (χ1v) is 5.99. The third-order valence-corrected chi connectivity index (χ3v) is 3.15. The van der Waals surface area contributed by atoms with Crippen LogP contribution in [0.15, 0.2) is 18.2 Å². The Hall–Kier alpha value is -1.26. The van der Waals surface area contributed by atoms with Gasteiger partial charge >= 0.3 is 0 Å². The van der Waals surface area contributed by atoms with E-state index in [1.165, 1.54) is 0 Å². The predicted octanol–water partition coefficient (Wildman–Crippen LogP) is 1.16. The number of benzene rings is 1. The smallest absolute Gasteiger partial charge is 0.221 e. The van der Waals surface area contributed by atoms with E-state index in [4.69, 9.17) is 16.7 Å². The van der Waals surface area contributed by atoms with Crippen LogP contribution in [-0.4, -0.2) is 30.6 Å². The summed E-state index contributed by atoms with van der Waals surface area (Å²) >= 11 is 6.17. The van der Waals surface area contributed by atoms with Crippen molar-refractivity contribution in [3.63, 3.8) is 0 Å².